The normalized spacial score (nSPS) is 13.8. The summed E-state index contributed by atoms with van der Waals surface area (Å²) in [5.41, 5.74) is 22.6. The van der Waals surface area contributed by atoms with Gasteiger partial charge in [-0.15, -0.1) is 0 Å². The highest BCUT2D eigenvalue weighted by atomic mass is 16.4. The van der Waals surface area contributed by atoms with Gasteiger partial charge in [0.1, 0.15) is 18.1 Å². The number of hydrogen-bond acceptors (Lipinski definition) is 7. The lowest BCUT2D eigenvalue weighted by molar-refractivity contribution is -0.142. The SMILES string of the molecule is CC(C)CC(N)C(=O)NC(CCC(N)=O)C(=O)NC(CCCN=C(N)N)C(=O)NC(Cc1ccccc1)C(=O)O. The Morgan fingerprint density at radius 3 is 1.93 bits per heavy atom. The van der Waals surface area contributed by atoms with Crippen molar-refractivity contribution in [1.82, 2.24) is 16.0 Å². The van der Waals surface area contributed by atoms with E-state index >= 15 is 0 Å². The number of carbonyl (C=O) groups is 5. The topological polar surface area (TPSA) is 258 Å². The van der Waals surface area contributed by atoms with Gasteiger partial charge in [-0.25, -0.2) is 4.79 Å². The number of carbonyl (C=O) groups excluding carboxylic acids is 4. The minimum atomic E-state index is -1.27. The van der Waals surface area contributed by atoms with Crippen LogP contribution in [0.3, 0.4) is 0 Å². The van der Waals surface area contributed by atoms with Crippen LogP contribution in [0.4, 0.5) is 0 Å². The van der Waals surface area contributed by atoms with Crippen LogP contribution in [0.5, 0.6) is 0 Å². The van der Waals surface area contributed by atoms with Crippen LogP contribution in [0.1, 0.15) is 51.5 Å². The van der Waals surface area contributed by atoms with Gasteiger partial charge < -0.3 is 44.0 Å². The van der Waals surface area contributed by atoms with E-state index in [1.165, 1.54) is 0 Å². The summed E-state index contributed by atoms with van der Waals surface area (Å²) in [7, 11) is 0. The summed E-state index contributed by atoms with van der Waals surface area (Å²) < 4.78 is 0. The van der Waals surface area contributed by atoms with E-state index in [0.29, 0.717) is 12.0 Å². The Balaban J connectivity index is 3.10. The Kier molecular flexibility index (Phi) is 14.7. The third-order valence-corrected chi connectivity index (χ3v) is 5.85. The highest BCUT2D eigenvalue weighted by molar-refractivity contribution is 5.94. The van der Waals surface area contributed by atoms with E-state index in [2.05, 4.69) is 20.9 Å². The van der Waals surface area contributed by atoms with Crippen molar-refractivity contribution in [3.63, 3.8) is 0 Å². The van der Waals surface area contributed by atoms with Crippen molar-refractivity contribution in [1.29, 1.82) is 0 Å². The van der Waals surface area contributed by atoms with E-state index in [0.717, 1.165) is 0 Å². The number of amides is 4. The molecule has 14 nitrogen and oxygen atoms in total. The predicted octanol–water partition coefficient (Wildman–Crippen LogP) is -1.54. The lowest BCUT2D eigenvalue weighted by Crippen LogP contribution is -2.57. The molecular weight excluding hydrogens is 520 g/mol. The largest absolute Gasteiger partial charge is 0.480 e. The van der Waals surface area contributed by atoms with Crippen molar-refractivity contribution in [2.75, 3.05) is 6.54 Å². The van der Waals surface area contributed by atoms with Crippen molar-refractivity contribution in [3.05, 3.63) is 35.9 Å². The minimum Gasteiger partial charge on any atom is -0.480 e. The van der Waals surface area contributed by atoms with Gasteiger partial charge in [-0.3, -0.25) is 24.2 Å². The second-order valence-electron chi connectivity index (χ2n) is 9.90. The monoisotopic (exact) mass is 562 g/mol. The molecule has 40 heavy (non-hydrogen) atoms. The van der Waals surface area contributed by atoms with E-state index in [9.17, 15) is 29.1 Å². The summed E-state index contributed by atoms with van der Waals surface area (Å²) in [6.07, 6.45) is 0.359. The fourth-order valence-electron chi connectivity index (χ4n) is 3.82. The Labute approximate surface area is 233 Å². The van der Waals surface area contributed by atoms with E-state index in [-0.39, 0.29) is 50.5 Å². The second kappa shape index (κ2) is 17.4. The molecule has 0 aliphatic heterocycles. The summed E-state index contributed by atoms with van der Waals surface area (Å²) >= 11 is 0. The molecule has 0 saturated carbocycles. The number of carboxylic acids is 1. The fraction of sp³-hybridized carbons (Fsp3) is 0.538. The third kappa shape index (κ3) is 13.6. The van der Waals surface area contributed by atoms with Crippen molar-refractivity contribution in [3.8, 4) is 0 Å². The first kappa shape index (κ1) is 33.8. The average molecular weight is 563 g/mol. The lowest BCUT2D eigenvalue weighted by Gasteiger charge is -2.25. The third-order valence-electron chi connectivity index (χ3n) is 5.85. The van der Waals surface area contributed by atoms with E-state index < -0.39 is 53.8 Å². The maximum Gasteiger partial charge on any atom is 0.326 e. The first-order valence-corrected chi connectivity index (χ1v) is 13.1. The molecule has 0 heterocycles. The number of aliphatic imine (C=N–C) groups is 1. The second-order valence-corrected chi connectivity index (χ2v) is 9.90. The molecule has 0 aromatic heterocycles. The van der Waals surface area contributed by atoms with Crippen LogP contribution in [-0.4, -0.2) is 71.4 Å². The van der Waals surface area contributed by atoms with Crippen LogP contribution in [0.2, 0.25) is 0 Å². The van der Waals surface area contributed by atoms with E-state index in [1.807, 2.05) is 13.8 Å². The number of benzene rings is 1. The molecule has 0 bridgehead atoms. The molecule has 1 aromatic rings. The fourth-order valence-corrected chi connectivity index (χ4v) is 3.82. The van der Waals surface area contributed by atoms with Crippen molar-refractivity contribution >= 4 is 35.6 Å². The molecule has 0 aliphatic carbocycles. The van der Waals surface area contributed by atoms with Gasteiger partial charge in [-0.2, -0.15) is 0 Å². The number of nitrogens with two attached hydrogens (primary N) is 4. The number of carboxylic acid groups (broad SMARTS) is 1. The van der Waals surface area contributed by atoms with E-state index in [4.69, 9.17) is 22.9 Å². The number of nitrogens with zero attached hydrogens (tertiary/aromatic N) is 1. The zero-order valence-electron chi connectivity index (χ0n) is 23.0. The van der Waals surface area contributed by atoms with Crippen LogP contribution in [0.15, 0.2) is 35.3 Å². The quantitative estimate of drug-likeness (QED) is 0.0585. The van der Waals surface area contributed by atoms with Crippen LogP contribution in [0.25, 0.3) is 0 Å². The van der Waals surface area contributed by atoms with Gasteiger partial charge >= 0.3 is 5.97 Å². The summed E-state index contributed by atoms with van der Waals surface area (Å²) in [6, 6.07) is 4.15. The molecule has 1 rings (SSSR count). The molecule has 12 N–H and O–H groups in total. The smallest absolute Gasteiger partial charge is 0.326 e. The number of hydrogen-bond donors (Lipinski definition) is 8. The maximum absolute atomic E-state index is 13.2. The van der Waals surface area contributed by atoms with Crippen LogP contribution < -0.4 is 38.9 Å². The molecule has 0 spiro atoms. The van der Waals surface area contributed by atoms with Gasteiger partial charge in [0.05, 0.1) is 6.04 Å². The molecule has 0 radical (unpaired) electrons. The maximum atomic E-state index is 13.2. The predicted molar refractivity (Wildman–Crippen MR) is 149 cm³/mol. The first-order chi connectivity index (χ1) is 18.8. The lowest BCUT2D eigenvalue weighted by atomic mass is 10.0. The zero-order valence-corrected chi connectivity index (χ0v) is 23.0. The summed E-state index contributed by atoms with van der Waals surface area (Å²) in [4.78, 5) is 66.2. The van der Waals surface area contributed by atoms with Crippen molar-refractivity contribution in [2.45, 2.75) is 76.5 Å². The van der Waals surface area contributed by atoms with Gasteiger partial charge in [0, 0.05) is 19.4 Å². The highest BCUT2D eigenvalue weighted by Gasteiger charge is 2.30. The number of aliphatic carboxylic acids is 1. The van der Waals surface area contributed by atoms with Crippen LogP contribution in [0, 0.1) is 5.92 Å². The Hall–Kier alpha value is -4.20. The molecule has 4 atom stereocenters. The number of primary amides is 1. The molecule has 0 saturated heterocycles. The van der Waals surface area contributed by atoms with Gasteiger partial charge in [0.2, 0.25) is 23.6 Å². The first-order valence-electron chi connectivity index (χ1n) is 13.1. The number of nitrogens with one attached hydrogen (secondary N) is 3. The Bertz CT molecular complexity index is 1030. The highest BCUT2D eigenvalue weighted by Crippen LogP contribution is 2.08. The molecule has 0 aliphatic rings. The van der Waals surface area contributed by atoms with Crippen LogP contribution >= 0.6 is 0 Å². The standard InChI is InChI=1S/C26H42N8O6/c1-15(2)13-17(27)22(36)32-19(10-11-21(28)35)24(38)33-18(9-6-12-31-26(29)30)23(37)34-20(25(39)40)14-16-7-4-3-5-8-16/h3-5,7-8,15,17-20H,6,9-14,27H2,1-2H3,(H2,28,35)(H,32,36)(H,33,38)(H,34,37)(H,39,40)(H4,29,30,31). The molecule has 4 amide bonds. The molecular formula is C26H42N8O6. The summed E-state index contributed by atoms with van der Waals surface area (Å²) in [5, 5.41) is 17.3. The number of guanidine groups is 1. The molecule has 1 aromatic carbocycles. The molecule has 0 fully saturated rings. The van der Waals surface area contributed by atoms with Gasteiger partial charge in [0.25, 0.3) is 0 Å². The molecule has 4 unspecified atom stereocenters. The minimum absolute atomic E-state index is 0.0155. The van der Waals surface area contributed by atoms with Crippen LogP contribution in [-0.2, 0) is 30.4 Å². The van der Waals surface area contributed by atoms with Crippen molar-refractivity contribution < 1.29 is 29.1 Å². The molecule has 14 heteroatoms. The Morgan fingerprint density at radius 1 is 0.850 bits per heavy atom. The van der Waals surface area contributed by atoms with Gasteiger partial charge in [-0.05, 0) is 37.2 Å². The van der Waals surface area contributed by atoms with Crippen molar-refractivity contribution in [2.24, 2.45) is 33.8 Å². The van der Waals surface area contributed by atoms with E-state index in [1.54, 1.807) is 30.3 Å². The van der Waals surface area contributed by atoms with Gasteiger partial charge in [0.15, 0.2) is 5.96 Å². The summed E-state index contributed by atoms with van der Waals surface area (Å²) in [5.74, 6) is -4.08. The molecule has 222 valence electrons. The number of rotatable bonds is 18. The summed E-state index contributed by atoms with van der Waals surface area (Å²) in [6.45, 7) is 3.93. The Morgan fingerprint density at radius 2 is 1.40 bits per heavy atom. The van der Waals surface area contributed by atoms with Gasteiger partial charge in [-0.1, -0.05) is 44.2 Å². The average Bonchev–Trinajstić information content (AvgIpc) is 2.87. The zero-order chi connectivity index (χ0) is 30.2.